The van der Waals surface area contributed by atoms with Crippen LogP contribution in [0.3, 0.4) is 0 Å². The van der Waals surface area contributed by atoms with Gasteiger partial charge in [0.15, 0.2) is 0 Å². The molecule has 2 heterocycles. The molecule has 2 N–H and O–H groups in total. The molecule has 0 aliphatic rings. The maximum Gasteiger partial charge on any atom is 0.143 e. The summed E-state index contributed by atoms with van der Waals surface area (Å²) in [5.74, 6) is 0. The molecule has 3 aromatic rings. The highest BCUT2D eigenvalue weighted by Gasteiger charge is 2.04. The van der Waals surface area contributed by atoms with Gasteiger partial charge in [0.2, 0.25) is 0 Å². The summed E-state index contributed by atoms with van der Waals surface area (Å²) < 4.78 is 1.65. The van der Waals surface area contributed by atoms with Crippen molar-refractivity contribution in [1.29, 1.82) is 0 Å². The van der Waals surface area contributed by atoms with Crippen molar-refractivity contribution in [3.05, 3.63) is 47.5 Å². The van der Waals surface area contributed by atoms with Crippen molar-refractivity contribution in [2.24, 2.45) is 0 Å². The number of aryl methyl sites for hydroxylation is 2. The lowest BCUT2D eigenvalue weighted by molar-refractivity contribution is 0.785. The molecule has 0 bridgehead atoms. The third-order valence-corrected chi connectivity index (χ3v) is 3.21. The number of benzene rings is 1. The first-order chi connectivity index (χ1) is 9.74. The van der Waals surface area contributed by atoms with Gasteiger partial charge in [0.25, 0.3) is 0 Å². The number of aromatic amines is 1. The first-order valence-electron chi connectivity index (χ1n) is 6.31. The maximum atomic E-state index is 4.01. The number of hydrogen-bond donors (Lipinski definition) is 2. The molecule has 0 saturated carbocycles. The van der Waals surface area contributed by atoms with E-state index >= 15 is 0 Å². The Morgan fingerprint density at radius 2 is 2.20 bits per heavy atom. The van der Waals surface area contributed by atoms with Gasteiger partial charge >= 0.3 is 0 Å². The second-order valence-electron chi connectivity index (χ2n) is 4.63. The fourth-order valence-electron chi connectivity index (χ4n) is 2.05. The van der Waals surface area contributed by atoms with Crippen LogP contribution < -0.4 is 5.32 Å². The van der Waals surface area contributed by atoms with Crippen LogP contribution in [0.2, 0.25) is 0 Å². The largest absolute Gasteiger partial charge is 0.381 e. The number of anilines is 1. The predicted octanol–water partition coefficient (Wildman–Crippen LogP) is 1.61. The smallest absolute Gasteiger partial charge is 0.143 e. The topological polar surface area (TPSA) is 84.3 Å². The van der Waals surface area contributed by atoms with E-state index in [1.165, 1.54) is 0 Å². The fraction of sp³-hybridized carbons (Fsp3) is 0.231. The van der Waals surface area contributed by atoms with E-state index in [0.29, 0.717) is 0 Å². The molecular formula is C13H15N7. The van der Waals surface area contributed by atoms with Crippen molar-refractivity contribution in [2.45, 2.75) is 20.4 Å². The third kappa shape index (κ3) is 2.37. The molecule has 0 aliphatic heterocycles. The summed E-state index contributed by atoms with van der Waals surface area (Å²) in [6, 6.07) is 6.09. The molecule has 0 fully saturated rings. The Bertz CT molecular complexity index is 699. The van der Waals surface area contributed by atoms with Crippen molar-refractivity contribution >= 4 is 5.69 Å². The summed E-state index contributed by atoms with van der Waals surface area (Å²) in [4.78, 5) is 0. The summed E-state index contributed by atoms with van der Waals surface area (Å²) >= 11 is 0. The number of tetrazole rings is 1. The third-order valence-electron chi connectivity index (χ3n) is 3.21. The van der Waals surface area contributed by atoms with E-state index in [4.69, 9.17) is 0 Å². The summed E-state index contributed by atoms with van der Waals surface area (Å²) in [6.07, 6.45) is 3.43. The molecule has 7 nitrogen and oxygen atoms in total. The molecule has 102 valence electrons. The van der Waals surface area contributed by atoms with Gasteiger partial charge in [0.05, 0.1) is 11.9 Å². The van der Waals surface area contributed by atoms with Gasteiger partial charge in [0.1, 0.15) is 6.33 Å². The van der Waals surface area contributed by atoms with Crippen molar-refractivity contribution in [2.75, 3.05) is 5.32 Å². The monoisotopic (exact) mass is 269 g/mol. The van der Waals surface area contributed by atoms with Crippen LogP contribution in [-0.2, 0) is 6.54 Å². The Balaban J connectivity index is 1.76. The standard InChI is InChI=1S/C13H15N7/c1-9-5-12(14-6-11-7-15-17-10(11)2)3-4-13(9)20-8-16-18-19-20/h3-5,7-8,14H,6H2,1-2H3,(H,15,17). The second kappa shape index (κ2) is 5.12. The first kappa shape index (κ1) is 12.3. The summed E-state index contributed by atoms with van der Waals surface area (Å²) in [5.41, 5.74) is 5.37. The van der Waals surface area contributed by atoms with Gasteiger partial charge < -0.3 is 5.32 Å². The molecule has 0 amide bonds. The van der Waals surface area contributed by atoms with Gasteiger partial charge in [-0.2, -0.15) is 5.10 Å². The molecule has 0 atom stereocenters. The summed E-state index contributed by atoms with van der Waals surface area (Å²) in [7, 11) is 0. The first-order valence-corrected chi connectivity index (χ1v) is 6.31. The quantitative estimate of drug-likeness (QED) is 0.751. The van der Waals surface area contributed by atoms with E-state index < -0.39 is 0 Å². The Labute approximate surface area is 116 Å². The van der Waals surface area contributed by atoms with Crippen LogP contribution in [-0.4, -0.2) is 30.4 Å². The normalized spacial score (nSPS) is 10.7. The lowest BCUT2D eigenvalue weighted by Crippen LogP contribution is -2.02. The number of rotatable bonds is 4. The van der Waals surface area contributed by atoms with E-state index in [1.807, 2.05) is 32.2 Å². The van der Waals surface area contributed by atoms with E-state index in [9.17, 15) is 0 Å². The zero-order valence-electron chi connectivity index (χ0n) is 11.3. The van der Waals surface area contributed by atoms with E-state index in [2.05, 4.69) is 37.1 Å². The van der Waals surface area contributed by atoms with Crippen molar-refractivity contribution in [3.63, 3.8) is 0 Å². The van der Waals surface area contributed by atoms with Crippen LogP contribution in [0.15, 0.2) is 30.7 Å². The van der Waals surface area contributed by atoms with Crippen LogP contribution in [0.4, 0.5) is 5.69 Å². The minimum atomic E-state index is 0.742. The zero-order valence-corrected chi connectivity index (χ0v) is 11.3. The molecule has 2 aromatic heterocycles. The molecule has 0 saturated heterocycles. The SMILES string of the molecule is Cc1cc(NCc2cn[nH]c2C)ccc1-n1cnnn1. The Morgan fingerprint density at radius 3 is 2.85 bits per heavy atom. The molecule has 0 aliphatic carbocycles. The molecular weight excluding hydrogens is 254 g/mol. The molecule has 0 spiro atoms. The molecule has 1 aromatic carbocycles. The second-order valence-corrected chi connectivity index (χ2v) is 4.63. The average Bonchev–Trinajstić information content (AvgIpc) is 3.08. The van der Waals surface area contributed by atoms with Crippen molar-refractivity contribution in [3.8, 4) is 5.69 Å². The summed E-state index contributed by atoms with van der Waals surface area (Å²) in [6.45, 7) is 4.79. The number of aromatic nitrogens is 6. The highest BCUT2D eigenvalue weighted by molar-refractivity contribution is 5.53. The Morgan fingerprint density at radius 1 is 1.30 bits per heavy atom. The van der Waals surface area contributed by atoms with Gasteiger partial charge in [-0.25, -0.2) is 4.68 Å². The van der Waals surface area contributed by atoms with Crippen LogP contribution >= 0.6 is 0 Å². The van der Waals surface area contributed by atoms with Gasteiger partial charge in [-0.1, -0.05) is 0 Å². The van der Waals surface area contributed by atoms with Crippen LogP contribution in [0.1, 0.15) is 16.8 Å². The minimum absolute atomic E-state index is 0.742. The highest BCUT2D eigenvalue weighted by atomic mass is 15.5. The zero-order chi connectivity index (χ0) is 13.9. The molecule has 0 radical (unpaired) electrons. The molecule has 3 rings (SSSR count). The highest BCUT2D eigenvalue weighted by Crippen LogP contribution is 2.18. The molecule has 7 heteroatoms. The van der Waals surface area contributed by atoms with Crippen LogP contribution in [0, 0.1) is 13.8 Å². The Kier molecular flexibility index (Phi) is 3.16. The number of hydrogen-bond acceptors (Lipinski definition) is 5. The average molecular weight is 269 g/mol. The van der Waals surface area contributed by atoms with Crippen molar-refractivity contribution < 1.29 is 0 Å². The van der Waals surface area contributed by atoms with Crippen LogP contribution in [0.5, 0.6) is 0 Å². The number of nitrogens with one attached hydrogen (secondary N) is 2. The van der Waals surface area contributed by atoms with Crippen LogP contribution in [0.25, 0.3) is 5.69 Å². The Hall–Kier alpha value is -2.70. The lowest BCUT2D eigenvalue weighted by Gasteiger charge is -2.09. The number of H-pyrrole nitrogens is 1. The lowest BCUT2D eigenvalue weighted by atomic mass is 10.1. The number of nitrogens with zero attached hydrogens (tertiary/aromatic N) is 5. The molecule has 20 heavy (non-hydrogen) atoms. The molecule has 0 unspecified atom stereocenters. The van der Waals surface area contributed by atoms with E-state index in [-0.39, 0.29) is 0 Å². The fourth-order valence-corrected chi connectivity index (χ4v) is 2.05. The maximum absolute atomic E-state index is 4.01. The van der Waals surface area contributed by atoms with Crippen molar-refractivity contribution in [1.82, 2.24) is 30.4 Å². The van der Waals surface area contributed by atoms with Gasteiger partial charge in [-0.15, -0.1) is 5.10 Å². The van der Waals surface area contributed by atoms with Gasteiger partial charge in [-0.05, 0) is 48.0 Å². The minimum Gasteiger partial charge on any atom is -0.381 e. The summed E-state index contributed by atoms with van der Waals surface area (Å²) in [5, 5.41) is 21.5. The van der Waals surface area contributed by atoms with E-state index in [0.717, 1.165) is 34.7 Å². The van der Waals surface area contributed by atoms with Gasteiger partial charge in [-0.3, -0.25) is 5.10 Å². The predicted molar refractivity (Wildman–Crippen MR) is 74.5 cm³/mol. The van der Waals surface area contributed by atoms with Gasteiger partial charge in [0, 0.05) is 23.5 Å². The van der Waals surface area contributed by atoms with E-state index in [1.54, 1.807) is 11.0 Å².